The molecule has 2 rings (SSSR count). The molecule has 4 heteroatoms. The topological polar surface area (TPSA) is 12.0 Å². The molecule has 19 heavy (non-hydrogen) atoms. The SMILES string of the molecule is CCC1(CNCc2cccc(C(F)(F)F)c2)CCC1. The van der Waals surface area contributed by atoms with Gasteiger partial charge in [0.2, 0.25) is 0 Å². The van der Waals surface area contributed by atoms with E-state index in [-0.39, 0.29) is 0 Å². The minimum atomic E-state index is -4.26. The molecule has 1 aromatic rings. The quantitative estimate of drug-likeness (QED) is 0.838. The second-order valence-electron chi connectivity index (χ2n) is 5.51. The van der Waals surface area contributed by atoms with E-state index in [0.29, 0.717) is 17.5 Å². The smallest absolute Gasteiger partial charge is 0.312 e. The second kappa shape index (κ2) is 5.53. The van der Waals surface area contributed by atoms with E-state index < -0.39 is 11.7 Å². The Bertz CT molecular complexity index is 416. The molecule has 0 radical (unpaired) electrons. The number of rotatable bonds is 5. The molecule has 0 amide bonds. The lowest BCUT2D eigenvalue weighted by Gasteiger charge is -2.41. The summed E-state index contributed by atoms with van der Waals surface area (Å²) in [6.45, 7) is 3.59. The van der Waals surface area contributed by atoms with Crippen molar-refractivity contribution in [3.63, 3.8) is 0 Å². The molecule has 0 atom stereocenters. The van der Waals surface area contributed by atoms with Gasteiger partial charge in [-0.2, -0.15) is 13.2 Å². The summed E-state index contributed by atoms with van der Waals surface area (Å²) in [7, 11) is 0. The number of nitrogens with one attached hydrogen (secondary N) is 1. The predicted molar refractivity (Wildman–Crippen MR) is 69.7 cm³/mol. The van der Waals surface area contributed by atoms with Gasteiger partial charge in [0.1, 0.15) is 0 Å². The molecule has 0 spiro atoms. The number of benzene rings is 1. The fourth-order valence-electron chi connectivity index (χ4n) is 2.66. The van der Waals surface area contributed by atoms with E-state index >= 15 is 0 Å². The molecule has 1 aliphatic rings. The Hall–Kier alpha value is -1.03. The molecule has 0 aromatic heterocycles. The molecule has 1 N–H and O–H groups in total. The van der Waals surface area contributed by atoms with Crippen LogP contribution in [-0.2, 0) is 12.7 Å². The largest absolute Gasteiger partial charge is 0.416 e. The monoisotopic (exact) mass is 271 g/mol. The van der Waals surface area contributed by atoms with Crippen LogP contribution in [0, 0.1) is 5.41 Å². The van der Waals surface area contributed by atoms with Crippen LogP contribution in [0.1, 0.15) is 43.7 Å². The Morgan fingerprint density at radius 3 is 2.53 bits per heavy atom. The summed E-state index contributed by atoms with van der Waals surface area (Å²) < 4.78 is 37.7. The van der Waals surface area contributed by atoms with Gasteiger partial charge in [0.15, 0.2) is 0 Å². The highest BCUT2D eigenvalue weighted by Gasteiger charge is 2.34. The van der Waals surface area contributed by atoms with E-state index in [9.17, 15) is 13.2 Å². The first-order chi connectivity index (χ1) is 8.95. The van der Waals surface area contributed by atoms with E-state index in [0.717, 1.165) is 19.0 Å². The fourth-order valence-corrected chi connectivity index (χ4v) is 2.66. The number of alkyl halides is 3. The molecule has 0 saturated heterocycles. The van der Waals surface area contributed by atoms with Crippen molar-refractivity contribution in [2.75, 3.05) is 6.54 Å². The highest BCUT2D eigenvalue weighted by atomic mass is 19.4. The maximum atomic E-state index is 12.6. The van der Waals surface area contributed by atoms with Gasteiger partial charge in [-0.25, -0.2) is 0 Å². The lowest BCUT2D eigenvalue weighted by molar-refractivity contribution is -0.137. The lowest BCUT2D eigenvalue weighted by Crippen LogP contribution is -2.39. The van der Waals surface area contributed by atoms with Gasteiger partial charge in [0.05, 0.1) is 5.56 Å². The molecule has 1 saturated carbocycles. The minimum absolute atomic E-state index is 0.391. The number of hydrogen-bond donors (Lipinski definition) is 1. The van der Waals surface area contributed by atoms with Crippen LogP contribution in [0.3, 0.4) is 0 Å². The molecule has 0 unspecified atom stereocenters. The van der Waals surface area contributed by atoms with E-state index in [4.69, 9.17) is 0 Å². The Morgan fingerprint density at radius 1 is 1.26 bits per heavy atom. The first kappa shape index (κ1) is 14.4. The fraction of sp³-hybridized carbons (Fsp3) is 0.600. The third kappa shape index (κ3) is 3.50. The highest BCUT2D eigenvalue weighted by Crippen LogP contribution is 2.43. The van der Waals surface area contributed by atoms with Crippen LogP contribution in [0.2, 0.25) is 0 Å². The van der Waals surface area contributed by atoms with Crippen molar-refractivity contribution in [3.8, 4) is 0 Å². The van der Waals surface area contributed by atoms with Crippen LogP contribution in [0.5, 0.6) is 0 Å². The molecular formula is C15H20F3N. The van der Waals surface area contributed by atoms with Crippen LogP contribution in [0.4, 0.5) is 13.2 Å². The minimum Gasteiger partial charge on any atom is -0.312 e. The van der Waals surface area contributed by atoms with Crippen LogP contribution in [0.15, 0.2) is 24.3 Å². The second-order valence-corrected chi connectivity index (χ2v) is 5.51. The summed E-state index contributed by atoms with van der Waals surface area (Å²) in [6.07, 6.45) is 0.633. The van der Waals surface area contributed by atoms with E-state index in [2.05, 4.69) is 12.2 Å². The first-order valence-electron chi connectivity index (χ1n) is 6.82. The summed E-state index contributed by atoms with van der Waals surface area (Å²) in [5.41, 5.74) is 0.516. The van der Waals surface area contributed by atoms with Gasteiger partial charge >= 0.3 is 6.18 Å². The Balaban J connectivity index is 1.89. The molecule has 1 aromatic carbocycles. The first-order valence-corrected chi connectivity index (χ1v) is 6.82. The van der Waals surface area contributed by atoms with Crippen molar-refractivity contribution in [3.05, 3.63) is 35.4 Å². The van der Waals surface area contributed by atoms with Gasteiger partial charge in [0.25, 0.3) is 0 Å². The number of hydrogen-bond acceptors (Lipinski definition) is 1. The lowest BCUT2D eigenvalue weighted by atomic mass is 9.67. The molecule has 1 fully saturated rings. The Labute approximate surface area is 112 Å². The number of halogens is 3. The standard InChI is InChI=1S/C15H20F3N/c1-2-14(7-4-8-14)11-19-10-12-5-3-6-13(9-12)15(16,17)18/h3,5-6,9,19H,2,4,7-8,10-11H2,1H3. The average Bonchev–Trinajstić information content (AvgIpc) is 2.32. The summed E-state index contributed by atoms with van der Waals surface area (Å²) in [6, 6.07) is 5.55. The zero-order valence-corrected chi connectivity index (χ0v) is 11.2. The van der Waals surface area contributed by atoms with Crippen LogP contribution >= 0.6 is 0 Å². The molecule has 0 aliphatic heterocycles. The predicted octanol–water partition coefficient (Wildman–Crippen LogP) is 4.38. The van der Waals surface area contributed by atoms with Crippen molar-refractivity contribution in [1.82, 2.24) is 5.32 Å². The molecule has 1 aliphatic carbocycles. The van der Waals surface area contributed by atoms with Gasteiger partial charge < -0.3 is 5.32 Å². The summed E-state index contributed by atoms with van der Waals surface area (Å²) >= 11 is 0. The van der Waals surface area contributed by atoms with Gasteiger partial charge in [-0.05, 0) is 36.3 Å². The summed E-state index contributed by atoms with van der Waals surface area (Å²) in [5, 5.41) is 3.31. The van der Waals surface area contributed by atoms with Crippen molar-refractivity contribution < 1.29 is 13.2 Å². The maximum Gasteiger partial charge on any atom is 0.416 e. The summed E-state index contributed by atoms with van der Waals surface area (Å²) in [5.74, 6) is 0. The van der Waals surface area contributed by atoms with Gasteiger partial charge in [-0.3, -0.25) is 0 Å². The van der Waals surface area contributed by atoms with E-state index in [1.165, 1.54) is 31.4 Å². The Morgan fingerprint density at radius 2 is 2.00 bits per heavy atom. The van der Waals surface area contributed by atoms with Crippen molar-refractivity contribution in [1.29, 1.82) is 0 Å². The zero-order chi connectivity index (χ0) is 13.9. The third-order valence-electron chi connectivity index (χ3n) is 4.25. The van der Waals surface area contributed by atoms with Gasteiger partial charge in [-0.1, -0.05) is 31.5 Å². The van der Waals surface area contributed by atoms with Crippen LogP contribution < -0.4 is 5.32 Å². The van der Waals surface area contributed by atoms with Crippen LogP contribution in [-0.4, -0.2) is 6.54 Å². The highest BCUT2D eigenvalue weighted by molar-refractivity contribution is 5.25. The third-order valence-corrected chi connectivity index (χ3v) is 4.25. The zero-order valence-electron chi connectivity index (χ0n) is 11.2. The molecule has 0 bridgehead atoms. The van der Waals surface area contributed by atoms with Gasteiger partial charge in [-0.15, -0.1) is 0 Å². The normalized spacial score (nSPS) is 18.1. The average molecular weight is 271 g/mol. The van der Waals surface area contributed by atoms with Crippen molar-refractivity contribution in [2.45, 2.75) is 45.3 Å². The van der Waals surface area contributed by atoms with E-state index in [1.807, 2.05) is 0 Å². The van der Waals surface area contributed by atoms with E-state index in [1.54, 1.807) is 6.07 Å². The van der Waals surface area contributed by atoms with Crippen molar-refractivity contribution >= 4 is 0 Å². The Kier molecular flexibility index (Phi) is 4.19. The van der Waals surface area contributed by atoms with Crippen LogP contribution in [0.25, 0.3) is 0 Å². The maximum absolute atomic E-state index is 12.6. The molecule has 0 heterocycles. The molecular weight excluding hydrogens is 251 g/mol. The summed E-state index contributed by atoms with van der Waals surface area (Å²) in [4.78, 5) is 0. The molecule has 106 valence electrons. The van der Waals surface area contributed by atoms with Crippen molar-refractivity contribution in [2.24, 2.45) is 5.41 Å². The van der Waals surface area contributed by atoms with Gasteiger partial charge in [0, 0.05) is 13.1 Å². The molecule has 1 nitrogen and oxygen atoms in total.